The summed E-state index contributed by atoms with van der Waals surface area (Å²) in [6.45, 7) is 3.73. The molecule has 3 N–H and O–H groups in total. The number of hydrogen-bond acceptors (Lipinski definition) is 3. The van der Waals surface area contributed by atoms with Gasteiger partial charge in [-0.25, -0.2) is 4.79 Å². The Balaban J connectivity index is 1.98. The van der Waals surface area contributed by atoms with Crippen LogP contribution in [0.4, 0.5) is 16.2 Å². The van der Waals surface area contributed by atoms with Crippen molar-refractivity contribution in [2.75, 3.05) is 10.6 Å². The van der Waals surface area contributed by atoms with Gasteiger partial charge in [0, 0.05) is 11.4 Å². The molecule has 26 heavy (non-hydrogen) atoms. The zero-order chi connectivity index (χ0) is 18.9. The molecule has 2 rings (SSSR count). The second kappa shape index (κ2) is 9.23. The van der Waals surface area contributed by atoms with E-state index in [9.17, 15) is 9.59 Å². The first-order chi connectivity index (χ1) is 12.5. The van der Waals surface area contributed by atoms with Crippen molar-refractivity contribution in [2.24, 2.45) is 5.92 Å². The molecule has 3 amide bonds. The zero-order valence-corrected chi connectivity index (χ0v) is 14.8. The lowest BCUT2D eigenvalue weighted by Crippen LogP contribution is -2.48. The summed E-state index contributed by atoms with van der Waals surface area (Å²) < 4.78 is 0. The minimum Gasteiger partial charge on any atom is -0.326 e. The number of anilines is 2. The average Bonchev–Trinajstić information content (AvgIpc) is 2.62. The Kier molecular flexibility index (Phi) is 6.75. The number of nitrogens with one attached hydrogen (secondary N) is 3. The topological polar surface area (TPSA) is 94.0 Å². The molecule has 1 unspecified atom stereocenters. The lowest BCUT2D eigenvalue weighted by atomic mass is 10.0. The molecule has 0 radical (unpaired) electrons. The largest absolute Gasteiger partial charge is 0.326 e. The Morgan fingerprint density at radius 1 is 0.962 bits per heavy atom. The maximum Gasteiger partial charge on any atom is 0.319 e. The van der Waals surface area contributed by atoms with Crippen LogP contribution in [-0.2, 0) is 11.2 Å². The summed E-state index contributed by atoms with van der Waals surface area (Å²) in [6, 6.07) is 17.1. The molecular weight excluding hydrogens is 328 g/mol. The quantitative estimate of drug-likeness (QED) is 0.744. The summed E-state index contributed by atoms with van der Waals surface area (Å²) in [5.41, 5.74) is 2.15. The SMILES string of the molecule is CC(C)C(NC(=O)Nc1ccccc1)C(=O)Nc1ccc(CC#N)cc1. The predicted octanol–water partition coefficient (Wildman–Crippen LogP) is 3.54. The van der Waals surface area contributed by atoms with Crippen LogP contribution >= 0.6 is 0 Å². The fourth-order valence-electron chi connectivity index (χ4n) is 2.38. The van der Waals surface area contributed by atoms with Crippen LogP contribution in [0.3, 0.4) is 0 Å². The summed E-state index contributed by atoms with van der Waals surface area (Å²) in [4.78, 5) is 24.7. The summed E-state index contributed by atoms with van der Waals surface area (Å²) in [5.74, 6) is -0.384. The van der Waals surface area contributed by atoms with Crippen molar-refractivity contribution in [3.63, 3.8) is 0 Å². The molecule has 0 aliphatic rings. The predicted molar refractivity (Wildman–Crippen MR) is 102 cm³/mol. The van der Waals surface area contributed by atoms with Crippen molar-refractivity contribution in [2.45, 2.75) is 26.3 Å². The lowest BCUT2D eigenvalue weighted by Gasteiger charge is -2.22. The molecule has 0 bridgehead atoms. The van der Waals surface area contributed by atoms with E-state index < -0.39 is 12.1 Å². The van der Waals surface area contributed by atoms with Gasteiger partial charge in [-0.3, -0.25) is 4.79 Å². The first-order valence-electron chi connectivity index (χ1n) is 8.39. The van der Waals surface area contributed by atoms with E-state index in [2.05, 4.69) is 22.0 Å². The van der Waals surface area contributed by atoms with Crippen molar-refractivity contribution in [3.8, 4) is 6.07 Å². The molecule has 0 spiro atoms. The van der Waals surface area contributed by atoms with Crippen LogP contribution in [-0.4, -0.2) is 18.0 Å². The molecule has 0 aromatic heterocycles. The molecule has 2 aromatic carbocycles. The molecule has 0 heterocycles. The second-order valence-corrected chi connectivity index (χ2v) is 6.21. The summed E-state index contributed by atoms with van der Waals surface area (Å²) in [5, 5.41) is 16.9. The van der Waals surface area contributed by atoms with E-state index in [-0.39, 0.29) is 11.8 Å². The smallest absolute Gasteiger partial charge is 0.319 e. The number of hydrogen-bond donors (Lipinski definition) is 3. The fraction of sp³-hybridized carbons (Fsp3) is 0.250. The summed E-state index contributed by atoms with van der Waals surface area (Å²) >= 11 is 0. The Labute approximate surface area is 153 Å². The minimum absolute atomic E-state index is 0.0885. The maximum atomic E-state index is 12.5. The van der Waals surface area contributed by atoms with E-state index in [1.807, 2.05) is 32.0 Å². The molecule has 6 heteroatoms. The van der Waals surface area contributed by atoms with E-state index >= 15 is 0 Å². The van der Waals surface area contributed by atoms with Crippen LogP contribution in [0.1, 0.15) is 19.4 Å². The van der Waals surface area contributed by atoms with Crippen molar-refractivity contribution in [3.05, 3.63) is 60.2 Å². The molecule has 0 fully saturated rings. The van der Waals surface area contributed by atoms with Crippen LogP contribution in [0.15, 0.2) is 54.6 Å². The number of nitriles is 1. The first-order valence-corrected chi connectivity index (χ1v) is 8.39. The summed E-state index contributed by atoms with van der Waals surface area (Å²) in [6.07, 6.45) is 0.323. The van der Waals surface area contributed by atoms with Crippen molar-refractivity contribution < 1.29 is 9.59 Å². The van der Waals surface area contributed by atoms with Gasteiger partial charge in [0.05, 0.1) is 12.5 Å². The molecule has 0 saturated carbocycles. The van der Waals surface area contributed by atoms with Crippen LogP contribution in [0.2, 0.25) is 0 Å². The average molecular weight is 350 g/mol. The molecular formula is C20H22N4O2. The molecule has 0 aliphatic heterocycles. The molecule has 2 aromatic rings. The van der Waals surface area contributed by atoms with Gasteiger partial charge in [0.1, 0.15) is 6.04 Å². The molecule has 0 aliphatic carbocycles. The second-order valence-electron chi connectivity index (χ2n) is 6.21. The van der Waals surface area contributed by atoms with Crippen LogP contribution in [0, 0.1) is 17.2 Å². The van der Waals surface area contributed by atoms with Crippen molar-refractivity contribution in [1.82, 2.24) is 5.32 Å². The van der Waals surface area contributed by atoms with Gasteiger partial charge in [-0.1, -0.05) is 44.2 Å². The number of para-hydroxylation sites is 1. The number of amides is 3. The third kappa shape index (κ3) is 5.64. The Bertz CT molecular complexity index is 780. The van der Waals surface area contributed by atoms with Gasteiger partial charge in [0.25, 0.3) is 0 Å². The Morgan fingerprint density at radius 2 is 1.58 bits per heavy atom. The van der Waals surface area contributed by atoms with E-state index in [0.29, 0.717) is 17.8 Å². The van der Waals surface area contributed by atoms with Crippen LogP contribution < -0.4 is 16.0 Å². The normalized spacial score (nSPS) is 11.3. The van der Waals surface area contributed by atoms with Crippen LogP contribution in [0.5, 0.6) is 0 Å². The molecule has 134 valence electrons. The van der Waals surface area contributed by atoms with Gasteiger partial charge >= 0.3 is 6.03 Å². The third-order valence-electron chi connectivity index (χ3n) is 3.77. The van der Waals surface area contributed by atoms with E-state index in [4.69, 9.17) is 5.26 Å². The summed E-state index contributed by atoms with van der Waals surface area (Å²) in [7, 11) is 0. The number of nitrogens with zero attached hydrogens (tertiary/aromatic N) is 1. The highest BCUT2D eigenvalue weighted by atomic mass is 16.2. The van der Waals surface area contributed by atoms with Gasteiger partial charge in [0.2, 0.25) is 5.91 Å². The number of urea groups is 1. The standard InChI is InChI=1S/C20H22N4O2/c1-14(2)18(24-20(26)23-16-6-4-3-5-7-16)19(25)22-17-10-8-15(9-11-17)12-13-21/h3-11,14,18H,12H2,1-2H3,(H,22,25)(H2,23,24,26). The molecule has 1 atom stereocenters. The first kappa shape index (κ1) is 19.0. The number of rotatable bonds is 6. The highest BCUT2D eigenvalue weighted by molar-refractivity contribution is 5.99. The van der Waals surface area contributed by atoms with Crippen molar-refractivity contribution >= 4 is 23.3 Å². The van der Waals surface area contributed by atoms with Crippen LogP contribution in [0.25, 0.3) is 0 Å². The Morgan fingerprint density at radius 3 is 2.15 bits per heavy atom. The van der Waals surface area contributed by atoms with E-state index in [1.165, 1.54) is 0 Å². The van der Waals surface area contributed by atoms with Gasteiger partial charge in [-0.05, 0) is 35.7 Å². The van der Waals surface area contributed by atoms with Gasteiger partial charge in [0.15, 0.2) is 0 Å². The fourth-order valence-corrected chi connectivity index (χ4v) is 2.38. The molecule has 6 nitrogen and oxygen atoms in total. The number of benzene rings is 2. The number of carbonyl (C=O) groups is 2. The lowest BCUT2D eigenvalue weighted by molar-refractivity contribution is -0.118. The van der Waals surface area contributed by atoms with Gasteiger partial charge in [-0.15, -0.1) is 0 Å². The van der Waals surface area contributed by atoms with Crippen molar-refractivity contribution in [1.29, 1.82) is 5.26 Å². The monoisotopic (exact) mass is 350 g/mol. The van der Waals surface area contributed by atoms with E-state index in [1.54, 1.807) is 36.4 Å². The number of carbonyl (C=O) groups excluding carboxylic acids is 2. The van der Waals surface area contributed by atoms with Gasteiger partial charge in [-0.2, -0.15) is 5.26 Å². The highest BCUT2D eigenvalue weighted by Crippen LogP contribution is 2.12. The third-order valence-corrected chi connectivity index (χ3v) is 3.77. The highest BCUT2D eigenvalue weighted by Gasteiger charge is 2.24. The van der Waals surface area contributed by atoms with Gasteiger partial charge < -0.3 is 16.0 Å². The zero-order valence-electron chi connectivity index (χ0n) is 14.8. The molecule has 0 saturated heterocycles. The van der Waals surface area contributed by atoms with E-state index in [0.717, 1.165) is 5.56 Å². The Hall–Kier alpha value is -3.33. The minimum atomic E-state index is -0.683. The maximum absolute atomic E-state index is 12.5.